The van der Waals surface area contributed by atoms with E-state index in [1.165, 1.54) is 0 Å². The molecule has 2 nitrogen and oxygen atoms in total. The van der Waals surface area contributed by atoms with Crippen LogP contribution in [-0.4, -0.2) is 8.42 Å². The minimum atomic E-state index is -3.38. The number of hydrogen-bond donors (Lipinski definition) is 0. The fourth-order valence-electron chi connectivity index (χ4n) is 1.60. The maximum Gasteiger partial charge on any atom is 1.00 e. The van der Waals surface area contributed by atoms with Crippen molar-refractivity contribution in [1.29, 1.82) is 0 Å². The molecular formula is C14H13LiO2S. The second-order valence-corrected chi connectivity index (χ2v) is 5.83. The van der Waals surface area contributed by atoms with Gasteiger partial charge in [0.05, 0.1) is 4.90 Å². The second-order valence-electron chi connectivity index (χ2n) is 3.74. The molecule has 18 heavy (non-hydrogen) atoms. The molecule has 0 aromatic heterocycles. The van der Waals surface area contributed by atoms with E-state index in [0.29, 0.717) is 10.1 Å². The Balaban J connectivity index is 0.00000162. The van der Waals surface area contributed by atoms with Gasteiger partial charge in [-0.3, -0.25) is 0 Å². The van der Waals surface area contributed by atoms with Gasteiger partial charge in [-0.15, -0.1) is 12.1 Å². The summed E-state index contributed by atoms with van der Waals surface area (Å²) in [6.07, 6.45) is 0. The Labute approximate surface area is 120 Å². The zero-order chi connectivity index (χ0) is 12.3. The fourth-order valence-corrected chi connectivity index (χ4v) is 2.92. The van der Waals surface area contributed by atoms with Crippen LogP contribution in [-0.2, 0) is 9.84 Å². The van der Waals surface area contributed by atoms with Gasteiger partial charge in [0.1, 0.15) is 0 Å². The summed E-state index contributed by atoms with van der Waals surface area (Å²) >= 11 is 0. The van der Waals surface area contributed by atoms with Crippen molar-refractivity contribution in [3.05, 3.63) is 71.5 Å². The molecule has 0 fully saturated rings. The van der Waals surface area contributed by atoms with Crippen LogP contribution in [0.4, 0.5) is 0 Å². The van der Waals surface area contributed by atoms with Gasteiger partial charge in [-0.05, 0) is 12.1 Å². The van der Waals surface area contributed by atoms with Gasteiger partial charge in [0, 0.05) is 0 Å². The zero-order valence-corrected chi connectivity index (χ0v) is 11.3. The maximum absolute atomic E-state index is 12.3. The fraction of sp³-hybridized carbons (Fsp3) is 0.0714. The van der Waals surface area contributed by atoms with Crippen LogP contribution >= 0.6 is 0 Å². The van der Waals surface area contributed by atoms with Crippen molar-refractivity contribution in [3.8, 4) is 0 Å². The molecule has 2 rings (SSSR count). The van der Waals surface area contributed by atoms with Crippen molar-refractivity contribution in [2.24, 2.45) is 0 Å². The predicted octanol–water partition coefficient (Wildman–Crippen LogP) is 0.0645. The van der Waals surface area contributed by atoms with Gasteiger partial charge in [-0.2, -0.15) is 17.7 Å². The first-order valence-corrected chi connectivity index (χ1v) is 6.80. The summed E-state index contributed by atoms with van der Waals surface area (Å²) in [4.78, 5) is 0.335. The van der Waals surface area contributed by atoms with Crippen molar-refractivity contribution in [2.75, 3.05) is 0 Å². The van der Waals surface area contributed by atoms with Gasteiger partial charge >= 0.3 is 18.9 Å². The summed E-state index contributed by atoms with van der Waals surface area (Å²) in [6, 6.07) is 17.6. The summed E-state index contributed by atoms with van der Waals surface area (Å²) in [5.41, 5.74) is 0.733. The molecule has 4 heteroatoms. The summed E-state index contributed by atoms with van der Waals surface area (Å²) in [6.45, 7) is 1.64. The van der Waals surface area contributed by atoms with Crippen molar-refractivity contribution in [3.63, 3.8) is 0 Å². The smallest absolute Gasteiger partial charge is 0.232 e. The largest absolute Gasteiger partial charge is 1.00 e. The molecule has 2 aromatic rings. The molecule has 0 amide bonds. The molecule has 0 aliphatic heterocycles. The molecular weight excluding hydrogens is 239 g/mol. The molecule has 0 spiro atoms. The van der Waals surface area contributed by atoms with E-state index in [2.05, 4.69) is 0 Å². The number of benzene rings is 2. The monoisotopic (exact) mass is 252 g/mol. The van der Waals surface area contributed by atoms with Gasteiger partial charge in [-0.25, -0.2) is 8.42 Å². The van der Waals surface area contributed by atoms with Crippen LogP contribution in [0.3, 0.4) is 0 Å². The van der Waals surface area contributed by atoms with E-state index in [-0.39, 0.29) is 18.9 Å². The minimum absolute atomic E-state index is 0. The standard InChI is InChI=1S/C14H13O2S.Li/c1-12(13-8-4-2-5-9-13)17(15,16)14-10-6-3-7-11-14;/h2-11H,1H3;/q-1;+1. The first-order valence-electron chi connectivity index (χ1n) is 5.31. The third-order valence-electron chi connectivity index (χ3n) is 2.64. The van der Waals surface area contributed by atoms with Crippen LogP contribution in [0, 0.1) is 5.25 Å². The third kappa shape index (κ3) is 3.00. The van der Waals surface area contributed by atoms with Gasteiger partial charge in [0.15, 0.2) is 9.84 Å². The molecule has 2 aromatic carbocycles. The normalized spacial score (nSPS) is 10.5. The number of hydrogen-bond acceptors (Lipinski definition) is 2. The Morgan fingerprint density at radius 3 is 1.78 bits per heavy atom. The Morgan fingerprint density at radius 2 is 1.28 bits per heavy atom. The molecule has 88 valence electrons. The predicted molar refractivity (Wildman–Crippen MR) is 68.1 cm³/mol. The number of rotatable bonds is 3. The zero-order valence-electron chi connectivity index (χ0n) is 10.5. The van der Waals surface area contributed by atoms with E-state index in [0.717, 1.165) is 5.56 Å². The summed E-state index contributed by atoms with van der Waals surface area (Å²) in [5.74, 6) is 0. The van der Waals surface area contributed by atoms with Crippen molar-refractivity contribution < 1.29 is 27.3 Å². The van der Waals surface area contributed by atoms with Crippen LogP contribution in [0.25, 0.3) is 0 Å². The molecule has 0 N–H and O–H groups in total. The van der Waals surface area contributed by atoms with E-state index >= 15 is 0 Å². The Bertz CT molecular complexity index is 580. The molecule has 0 aliphatic rings. The minimum Gasteiger partial charge on any atom is -0.232 e. The SMILES string of the molecule is C[C-](c1ccccc1)S(=O)(=O)c1ccccc1.[Li+]. The quantitative estimate of drug-likeness (QED) is 0.572. The van der Waals surface area contributed by atoms with Crippen LogP contribution in [0.1, 0.15) is 12.5 Å². The van der Waals surface area contributed by atoms with Gasteiger partial charge in [0.25, 0.3) is 0 Å². The van der Waals surface area contributed by atoms with E-state index in [4.69, 9.17) is 0 Å². The second kappa shape index (κ2) is 6.15. The molecule has 0 unspecified atom stereocenters. The molecule has 0 saturated heterocycles. The summed E-state index contributed by atoms with van der Waals surface area (Å²) in [5, 5.41) is 0.379. The third-order valence-corrected chi connectivity index (χ3v) is 4.57. The molecule has 0 saturated carbocycles. The van der Waals surface area contributed by atoms with Crippen molar-refractivity contribution >= 4 is 9.84 Å². The Hall–Kier alpha value is -1.14. The number of sulfone groups is 1. The van der Waals surface area contributed by atoms with Crippen molar-refractivity contribution in [2.45, 2.75) is 11.8 Å². The van der Waals surface area contributed by atoms with Crippen molar-refractivity contribution in [1.82, 2.24) is 0 Å². The van der Waals surface area contributed by atoms with E-state index in [9.17, 15) is 8.42 Å². The van der Waals surface area contributed by atoms with Gasteiger partial charge in [0.2, 0.25) is 0 Å². The van der Waals surface area contributed by atoms with Crippen LogP contribution < -0.4 is 18.9 Å². The van der Waals surface area contributed by atoms with E-state index < -0.39 is 9.84 Å². The summed E-state index contributed by atoms with van der Waals surface area (Å²) in [7, 11) is -3.38. The summed E-state index contributed by atoms with van der Waals surface area (Å²) < 4.78 is 24.6. The first kappa shape index (κ1) is 14.9. The van der Waals surface area contributed by atoms with Gasteiger partial charge < -0.3 is 0 Å². The molecule has 0 atom stereocenters. The molecule has 0 radical (unpaired) electrons. The Morgan fingerprint density at radius 1 is 0.833 bits per heavy atom. The van der Waals surface area contributed by atoms with Gasteiger partial charge in [-0.1, -0.05) is 36.4 Å². The first-order chi connectivity index (χ1) is 8.12. The van der Waals surface area contributed by atoms with E-state index in [1.807, 2.05) is 18.2 Å². The average Bonchev–Trinajstić information content (AvgIpc) is 2.40. The average molecular weight is 252 g/mol. The molecule has 0 aliphatic carbocycles. The van der Waals surface area contributed by atoms with Crippen LogP contribution in [0.15, 0.2) is 65.6 Å². The Kier molecular flexibility index (Phi) is 5.10. The molecule has 0 bridgehead atoms. The maximum atomic E-state index is 12.3. The van der Waals surface area contributed by atoms with Crippen LogP contribution in [0.5, 0.6) is 0 Å². The van der Waals surface area contributed by atoms with Crippen LogP contribution in [0.2, 0.25) is 0 Å². The van der Waals surface area contributed by atoms with E-state index in [1.54, 1.807) is 49.4 Å². The topological polar surface area (TPSA) is 34.1 Å². The molecule has 0 heterocycles.